The largest absolute Gasteiger partial charge is 0.441 e. The molecule has 7 nitrogen and oxygen atoms in total. The van der Waals surface area contributed by atoms with Gasteiger partial charge >= 0.3 is 5.69 Å². The number of hydrogen-bond donors (Lipinski definition) is 2. The molecule has 0 saturated carbocycles. The molecule has 8 heteroatoms. The number of furan rings is 1. The summed E-state index contributed by atoms with van der Waals surface area (Å²) in [7, 11) is 1.51. The van der Waals surface area contributed by atoms with Crippen LogP contribution in [0.3, 0.4) is 0 Å². The van der Waals surface area contributed by atoms with Crippen molar-refractivity contribution < 1.29 is 4.42 Å². The van der Waals surface area contributed by atoms with Gasteiger partial charge in [-0.25, -0.2) is 9.78 Å². The van der Waals surface area contributed by atoms with Gasteiger partial charge in [0.2, 0.25) is 0 Å². The van der Waals surface area contributed by atoms with Crippen LogP contribution in [-0.2, 0) is 7.05 Å². The second kappa shape index (κ2) is 3.61. The third-order valence-electron chi connectivity index (χ3n) is 2.56. The monoisotopic (exact) mass is 266 g/mol. The van der Waals surface area contributed by atoms with Gasteiger partial charge in [-0.3, -0.25) is 14.3 Å². The number of nitrogens with one attached hydrogen (secondary N) is 2. The van der Waals surface area contributed by atoms with E-state index < -0.39 is 11.2 Å². The van der Waals surface area contributed by atoms with Crippen molar-refractivity contribution in [3.8, 4) is 11.6 Å². The Morgan fingerprint density at radius 1 is 1.33 bits per heavy atom. The summed E-state index contributed by atoms with van der Waals surface area (Å²) in [5.74, 6) is 0.728. The zero-order valence-corrected chi connectivity index (χ0v) is 9.91. The van der Waals surface area contributed by atoms with Crippen LogP contribution in [0.4, 0.5) is 0 Å². The fraction of sp³-hybridized carbons (Fsp3) is 0.100. The average molecular weight is 267 g/mol. The van der Waals surface area contributed by atoms with Gasteiger partial charge in [0.1, 0.15) is 5.52 Å². The molecule has 3 rings (SSSR count). The molecular weight excluding hydrogens is 260 g/mol. The third kappa shape index (κ3) is 1.48. The molecule has 0 fully saturated rings. The van der Waals surface area contributed by atoms with Crippen molar-refractivity contribution in [2.24, 2.45) is 7.05 Å². The lowest BCUT2D eigenvalue weighted by molar-refractivity contribution is 0.580. The van der Waals surface area contributed by atoms with Gasteiger partial charge in [-0.1, -0.05) is 0 Å². The van der Waals surface area contributed by atoms with E-state index in [1.54, 1.807) is 12.1 Å². The molecule has 0 amide bonds. The number of H-pyrrole nitrogens is 2. The van der Waals surface area contributed by atoms with E-state index in [1.807, 2.05) is 0 Å². The molecule has 0 radical (unpaired) electrons. The first-order chi connectivity index (χ1) is 8.56. The molecule has 0 bridgehead atoms. The Morgan fingerprint density at radius 2 is 2.11 bits per heavy atom. The second-order valence-electron chi connectivity index (χ2n) is 3.71. The molecule has 0 spiro atoms. The molecule has 3 aromatic heterocycles. The summed E-state index contributed by atoms with van der Waals surface area (Å²) in [5, 5.41) is 0.216. The number of hydrogen-bond acceptors (Lipinski definition) is 4. The molecule has 3 aromatic rings. The number of imidazole rings is 1. The van der Waals surface area contributed by atoms with Crippen LogP contribution in [0.2, 0.25) is 5.22 Å². The van der Waals surface area contributed by atoms with Crippen molar-refractivity contribution in [2.45, 2.75) is 0 Å². The molecule has 0 aliphatic heterocycles. The molecule has 18 heavy (non-hydrogen) atoms. The molecule has 0 saturated heterocycles. The van der Waals surface area contributed by atoms with Gasteiger partial charge in [0.05, 0.1) is 0 Å². The van der Waals surface area contributed by atoms with Crippen LogP contribution < -0.4 is 11.2 Å². The Kier molecular flexibility index (Phi) is 2.17. The normalized spacial score (nSPS) is 11.2. The zero-order valence-electron chi connectivity index (χ0n) is 9.15. The van der Waals surface area contributed by atoms with Gasteiger partial charge in [0.25, 0.3) is 5.56 Å². The highest BCUT2D eigenvalue weighted by molar-refractivity contribution is 6.28. The van der Waals surface area contributed by atoms with E-state index in [4.69, 9.17) is 16.0 Å². The predicted molar refractivity (Wildman–Crippen MR) is 64.7 cm³/mol. The number of nitrogens with zero attached hydrogens (tertiary/aromatic N) is 2. The molecule has 0 aliphatic carbocycles. The summed E-state index contributed by atoms with van der Waals surface area (Å²) >= 11 is 5.67. The summed E-state index contributed by atoms with van der Waals surface area (Å²) in [6.07, 6.45) is 0. The van der Waals surface area contributed by atoms with Crippen molar-refractivity contribution >= 4 is 22.8 Å². The molecule has 0 atom stereocenters. The Bertz CT molecular complexity index is 854. The second-order valence-corrected chi connectivity index (χ2v) is 4.08. The van der Waals surface area contributed by atoms with Crippen LogP contribution in [0.25, 0.3) is 22.7 Å². The highest BCUT2D eigenvalue weighted by Gasteiger charge is 2.13. The number of aryl methyl sites for hydroxylation is 1. The van der Waals surface area contributed by atoms with E-state index in [0.29, 0.717) is 11.6 Å². The molecule has 3 heterocycles. The summed E-state index contributed by atoms with van der Waals surface area (Å²) < 4.78 is 6.42. The Balaban J connectivity index is 2.35. The standard InChI is InChI=1S/C10H7ClN4O3/c1-15-8-6(9(16)14-10(15)17)12-7(13-8)4-2-3-5(11)18-4/h2-3H,1H3,(H,12,13)(H,14,16,17). The first kappa shape index (κ1) is 10.8. The number of aromatic nitrogens is 4. The summed E-state index contributed by atoms with van der Waals surface area (Å²) in [6, 6.07) is 3.18. The van der Waals surface area contributed by atoms with E-state index in [0.717, 1.165) is 0 Å². The van der Waals surface area contributed by atoms with Crippen molar-refractivity contribution in [1.82, 2.24) is 19.5 Å². The van der Waals surface area contributed by atoms with Crippen molar-refractivity contribution in [3.05, 3.63) is 38.2 Å². The van der Waals surface area contributed by atoms with Gasteiger partial charge in [-0.15, -0.1) is 0 Å². The first-order valence-corrected chi connectivity index (χ1v) is 5.39. The van der Waals surface area contributed by atoms with Crippen molar-refractivity contribution in [2.75, 3.05) is 0 Å². The van der Waals surface area contributed by atoms with Gasteiger partial charge in [-0.05, 0) is 23.7 Å². The van der Waals surface area contributed by atoms with Gasteiger partial charge in [0, 0.05) is 7.05 Å². The summed E-state index contributed by atoms with van der Waals surface area (Å²) in [4.78, 5) is 32.1. The first-order valence-electron chi connectivity index (χ1n) is 5.01. The lowest BCUT2D eigenvalue weighted by Gasteiger charge is -1.94. The molecular formula is C10H7ClN4O3. The quantitative estimate of drug-likeness (QED) is 0.683. The average Bonchev–Trinajstić information content (AvgIpc) is 2.92. The van der Waals surface area contributed by atoms with Crippen LogP contribution >= 0.6 is 11.6 Å². The Morgan fingerprint density at radius 3 is 2.78 bits per heavy atom. The van der Waals surface area contributed by atoms with E-state index in [1.165, 1.54) is 11.6 Å². The van der Waals surface area contributed by atoms with E-state index in [-0.39, 0.29) is 16.4 Å². The molecule has 0 aromatic carbocycles. The Hall–Kier alpha value is -2.28. The highest BCUT2D eigenvalue weighted by Crippen LogP contribution is 2.23. The van der Waals surface area contributed by atoms with Crippen molar-refractivity contribution in [3.63, 3.8) is 0 Å². The fourth-order valence-electron chi connectivity index (χ4n) is 1.66. The lowest BCUT2D eigenvalue weighted by atomic mass is 10.4. The third-order valence-corrected chi connectivity index (χ3v) is 2.76. The minimum Gasteiger partial charge on any atom is -0.441 e. The zero-order chi connectivity index (χ0) is 12.9. The summed E-state index contributed by atoms with van der Waals surface area (Å²) in [6.45, 7) is 0. The van der Waals surface area contributed by atoms with Crippen LogP contribution in [-0.4, -0.2) is 19.5 Å². The van der Waals surface area contributed by atoms with Crippen LogP contribution in [0.5, 0.6) is 0 Å². The minimum atomic E-state index is -0.525. The predicted octanol–water partition coefficient (Wildman–Crippen LogP) is 0.863. The number of fused-ring (bicyclic) bond motifs is 1. The van der Waals surface area contributed by atoms with Gasteiger partial charge in [0.15, 0.2) is 22.5 Å². The molecule has 92 valence electrons. The maximum atomic E-state index is 11.6. The number of halogens is 1. The van der Waals surface area contributed by atoms with Crippen molar-refractivity contribution in [1.29, 1.82) is 0 Å². The van der Waals surface area contributed by atoms with Gasteiger partial charge in [-0.2, -0.15) is 0 Å². The molecule has 0 aliphatic rings. The van der Waals surface area contributed by atoms with Crippen LogP contribution in [0, 0.1) is 0 Å². The smallest absolute Gasteiger partial charge is 0.329 e. The SMILES string of the molecule is Cn1c(=O)[nH]c(=O)c2[nH]c(-c3ccc(Cl)o3)nc21. The number of rotatable bonds is 1. The van der Waals surface area contributed by atoms with E-state index in [2.05, 4.69) is 15.0 Å². The van der Waals surface area contributed by atoms with E-state index in [9.17, 15) is 9.59 Å². The van der Waals surface area contributed by atoms with Crippen LogP contribution in [0.15, 0.2) is 26.1 Å². The maximum absolute atomic E-state index is 11.6. The Labute approximate surface area is 104 Å². The van der Waals surface area contributed by atoms with E-state index >= 15 is 0 Å². The fourth-order valence-corrected chi connectivity index (χ4v) is 1.81. The van der Waals surface area contributed by atoms with Crippen LogP contribution in [0.1, 0.15) is 0 Å². The molecule has 2 N–H and O–H groups in total. The molecule has 0 unspecified atom stereocenters. The minimum absolute atomic E-state index is 0.208. The number of aromatic amines is 2. The lowest BCUT2D eigenvalue weighted by Crippen LogP contribution is -2.28. The maximum Gasteiger partial charge on any atom is 0.329 e. The topological polar surface area (TPSA) is 96.7 Å². The van der Waals surface area contributed by atoms with Gasteiger partial charge < -0.3 is 9.40 Å². The highest BCUT2D eigenvalue weighted by atomic mass is 35.5. The summed E-state index contributed by atoms with van der Waals surface area (Å²) in [5.41, 5.74) is -0.585.